The van der Waals surface area contributed by atoms with Crippen LogP contribution in [0.4, 0.5) is 5.69 Å². The predicted octanol–water partition coefficient (Wildman–Crippen LogP) is 2.59. The van der Waals surface area contributed by atoms with Crippen LogP contribution in [0.1, 0.15) is 39.5 Å². The minimum atomic E-state index is 0.458. The average molecular weight is 294 g/mol. The van der Waals surface area contributed by atoms with Gasteiger partial charge >= 0.3 is 0 Å². The molecular weight excluding hydrogens is 264 g/mol. The molecule has 1 aliphatic rings. The maximum atomic E-state index is 5.42. The van der Waals surface area contributed by atoms with E-state index in [1.807, 2.05) is 18.0 Å². The first-order valence-electron chi connectivity index (χ1n) is 8.29. The highest BCUT2D eigenvalue weighted by Gasteiger charge is 2.20. The Bertz CT molecular complexity index is 395. The molecule has 2 rings (SSSR count). The first kappa shape index (κ1) is 16.3. The topological polar surface area (TPSA) is 42.3 Å². The number of methoxy groups -OCH3 is 1. The number of hydrogen-bond donors (Lipinski definition) is 1. The van der Waals surface area contributed by atoms with E-state index < -0.39 is 0 Å². The van der Waals surface area contributed by atoms with Crippen molar-refractivity contribution in [3.8, 4) is 0 Å². The van der Waals surface area contributed by atoms with Crippen LogP contribution in [-0.2, 0) is 11.3 Å². The molecule has 0 unspecified atom stereocenters. The van der Waals surface area contributed by atoms with Crippen LogP contribution in [0.25, 0.3) is 0 Å². The van der Waals surface area contributed by atoms with Crippen molar-refractivity contribution in [1.29, 1.82) is 0 Å². The Morgan fingerprint density at radius 1 is 1.29 bits per heavy atom. The van der Waals surface area contributed by atoms with E-state index in [0.717, 1.165) is 44.7 Å². The Labute approximate surface area is 128 Å². The lowest BCUT2D eigenvalue weighted by molar-refractivity contribution is 0.0682. The van der Waals surface area contributed by atoms with E-state index in [9.17, 15) is 0 Å². The van der Waals surface area contributed by atoms with Crippen LogP contribution in [0.2, 0.25) is 0 Å². The van der Waals surface area contributed by atoms with Gasteiger partial charge in [-0.15, -0.1) is 0 Å². The molecule has 21 heavy (non-hydrogen) atoms. The second kappa shape index (κ2) is 8.39. The number of likely N-dealkylation sites (N-methyl/N-ethyl adjacent to an activating group) is 1. The molecule has 0 spiro atoms. The minimum absolute atomic E-state index is 0.458. The van der Waals surface area contributed by atoms with Crippen molar-refractivity contribution in [2.75, 3.05) is 32.1 Å². The number of aromatic nitrogens is 2. The fraction of sp³-hybridized carbons (Fsp3) is 0.812. The molecule has 1 aromatic rings. The van der Waals surface area contributed by atoms with Crippen molar-refractivity contribution in [2.45, 2.75) is 58.2 Å². The molecule has 0 amide bonds. The van der Waals surface area contributed by atoms with Gasteiger partial charge in [0, 0.05) is 25.9 Å². The summed E-state index contributed by atoms with van der Waals surface area (Å²) in [5, 5.41) is 8.07. The van der Waals surface area contributed by atoms with Gasteiger partial charge in [-0.05, 0) is 38.8 Å². The maximum Gasteiger partial charge on any atom is 0.0728 e. The molecule has 1 aromatic heterocycles. The van der Waals surface area contributed by atoms with E-state index in [0.29, 0.717) is 12.1 Å². The molecule has 0 bridgehead atoms. The minimum Gasteiger partial charge on any atom is -0.381 e. The van der Waals surface area contributed by atoms with Gasteiger partial charge in [0.2, 0.25) is 0 Å². The lowest BCUT2D eigenvalue weighted by atomic mass is 9.93. The number of rotatable bonds is 8. The number of nitrogens with zero attached hydrogens (tertiary/aromatic N) is 3. The van der Waals surface area contributed by atoms with E-state index in [1.54, 1.807) is 0 Å². The summed E-state index contributed by atoms with van der Waals surface area (Å²) in [6, 6.07) is 0.567. The van der Waals surface area contributed by atoms with E-state index in [2.05, 4.69) is 35.4 Å². The number of hydrogen-bond acceptors (Lipinski definition) is 4. The molecule has 0 aromatic carbocycles. The third-order valence-electron chi connectivity index (χ3n) is 4.55. The van der Waals surface area contributed by atoms with Crippen LogP contribution in [0.5, 0.6) is 0 Å². The molecule has 5 nitrogen and oxygen atoms in total. The second-order valence-corrected chi connectivity index (χ2v) is 5.87. The van der Waals surface area contributed by atoms with E-state index in [1.165, 1.54) is 12.8 Å². The highest BCUT2D eigenvalue weighted by Crippen LogP contribution is 2.23. The molecule has 1 fully saturated rings. The Morgan fingerprint density at radius 2 is 2.00 bits per heavy atom. The number of nitrogens with one attached hydrogen (secondary N) is 1. The summed E-state index contributed by atoms with van der Waals surface area (Å²) in [5.41, 5.74) is 1.15. The average Bonchev–Trinajstić information content (AvgIpc) is 2.96. The molecule has 1 aliphatic carbocycles. The summed E-state index contributed by atoms with van der Waals surface area (Å²) in [5.74, 6) is 0. The standard InChI is InChI=1S/C16H30N4O/c1-4-19(5-2)10-11-20-13-15(12-17-20)18-14-6-8-16(21-3)9-7-14/h12-14,16,18H,4-11H2,1-3H3. The molecule has 5 heteroatoms. The SMILES string of the molecule is CCN(CC)CCn1cc(NC2CCC(OC)CC2)cn1. The zero-order chi connectivity index (χ0) is 15.1. The summed E-state index contributed by atoms with van der Waals surface area (Å²) in [6.45, 7) is 8.63. The Hall–Kier alpha value is -1.07. The van der Waals surface area contributed by atoms with Crippen LogP contribution in [-0.4, -0.2) is 53.6 Å². The van der Waals surface area contributed by atoms with Gasteiger partial charge in [0.15, 0.2) is 0 Å². The Kier molecular flexibility index (Phi) is 6.51. The van der Waals surface area contributed by atoms with Crippen molar-refractivity contribution < 1.29 is 4.74 Å². The van der Waals surface area contributed by atoms with Crippen LogP contribution in [0.15, 0.2) is 12.4 Å². The van der Waals surface area contributed by atoms with Gasteiger partial charge < -0.3 is 15.0 Å². The van der Waals surface area contributed by atoms with E-state index in [4.69, 9.17) is 4.74 Å². The smallest absolute Gasteiger partial charge is 0.0728 e. The molecule has 0 atom stereocenters. The van der Waals surface area contributed by atoms with Crippen LogP contribution in [0.3, 0.4) is 0 Å². The van der Waals surface area contributed by atoms with Crippen molar-refractivity contribution in [3.63, 3.8) is 0 Å². The van der Waals surface area contributed by atoms with E-state index in [-0.39, 0.29) is 0 Å². The molecule has 0 radical (unpaired) electrons. The summed E-state index contributed by atoms with van der Waals surface area (Å²) < 4.78 is 7.46. The summed E-state index contributed by atoms with van der Waals surface area (Å²) >= 11 is 0. The quantitative estimate of drug-likeness (QED) is 0.800. The first-order valence-corrected chi connectivity index (χ1v) is 8.29. The largest absolute Gasteiger partial charge is 0.381 e. The predicted molar refractivity (Wildman–Crippen MR) is 86.7 cm³/mol. The molecule has 0 aliphatic heterocycles. The van der Waals surface area contributed by atoms with Gasteiger partial charge in [0.25, 0.3) is 0 Å². The number of ether oxygens (including phenoxy) is 1. The summed E-state index contributed by atoms with van der Waals surface area (Å²) in [6.07, 6.45) is 9.22. The van der Waals surface area contributed by atoms with E-state index >= 15 is 0 Å². The van der Waals surface area contributed by atoms with Gasteiger partial charge in [-0.1, -0.05) is 13.8 Å². The summed E-state index contributed by atoms with van der Waals surface area (Å²) in [7, 11) is 1.82. The first-order chi connectivity index (χ1) is 10.2. The van der Waals surface area contributed by atoms with Crippen molar-refractivity contribution in [2.24, 2.45) is 0 Å². The zero-order valence-corrected chi connectivity index (χ0v) is 13.7. The fourth-order valence-corrected chi connectivity index (χ4v) is 3.02. The maximum absolute atomic E-state index is 5.42. The molecular formula is C16H30N4O. The lowest BCUT2D eigenvalue weighted by Crippen LogP contribution is -2.29. The van der Waals surface area contributed by atoms with Crippen molar-refractivity contribution >= 4 is 5.69 Å². The monoisotopic (exact) mass is 294 g/mol. The zero-order valence-electron chi connectivity index (χ0n) is 13.7. The fourth-order valence-electron chi connectivity index (χ4n) is 3.02. The van der Waals surface area contributed by atoms with Gasteiger partial charge in [-0.25, -0.2) is 0 Å². The molecule has 1 saturated carbocycles. The van der Waals surface area contributed by atoms with Gasteiger partial charge in [-0.3, -0.25) is 4.68 Å². The van der Waals surface area contributed by atoms with Crippen LogP contribution >= 0.6 is 0 Å². The Balaban J connectivity index is 1.75. The van der Waals surface area contributed by atoms with Crippen molar-refractivity contribution in [3.05, 3.63) is 12.4 Å². The van der Waals surface area contributed by atoms with Gasteiger partial charge in [0.1, 0.15) is 0 Å². The van der Waals surface area contributed by atoms with Crippen LogP contribution < -0.4 is 5.32 Å². The van der Waals surface area contributed by atoms with Gasteiger partial charge in [0.05, 0.1) is 24.5 Å². The third-order valence-corrected chi connectivity index (χ3v) is 4.55. The lowest BCUT2D eigenvalue weighted by Gasteiger charge is -2.28. The molecule has 0 saturated heterocycles. The highest BCUT2D eigenvalue weighted by molar-refractivity contribution is 5.39. The second-order valence-electron chi connectivity index (χ2n) is 5.87. The highest BCUT2D eigenvalue weighted by atomic mass is 16.5. The summed E-state index contributed by atoms with van der Waals surface area (Å²) in [4.78, 5) is 2.42. The third kappa shape index (κ3) is 5.00. The molecule has 1 heterocycles. The van der Waals surface area contributed by atoms with Gasteiger partial charge in [-0.2, -0.15) is 5.10 Å². The molecule has 120 valence electrons. The number of anilines is 1. The Morgan fingerprint density at radius 3 is 2.62 bits per heavy atom. The normalized spacial score (nSPS) is 22.7. The molecule has 1 N–H and O–H groups in total. The van der Waals surface area contributed by atoms with Crippen LogP contribution in [0, 0.1) is 0 Å². The van der Waals surface area contributed by atoms with Crippen molar-refractivity contribution in [1.82, 2.24) is 14.7 Å².